The van der Waals surface area contributed by atoms with Crippen molar-refractivity contribution in [1.29, 1.82) is 0 Å². The number of ether oxygens (including phenoxy) is 1. The van der Waals surface area contributed by atoms with E-state index in [4.69, 9.17) is 21.4 Å². The van der Waals surface area contributed by atoms with Crippen molar-refractivity contribution < 1.29 is 19.4 Å². The lowest BCUT2D eigenvalue weighted by Gasteiger charge is -2.41. The number of carboxylic acids is 1. The molecule has 0 saturated heterocycles. The smallest absolute Gasteiger partial charge is 0.303 e. The summed E-state index contributed by atoms with van der Waals surface area (Å²) in [4.78, 5) is 25.3. The van der Waals surface area contributed by atoms with Gasteiger partial charge in [-0.1, -0.05) is 59.2 Å². The number of allylic oxidation sites excluding steroid dienone is 1. The van der Waals surface area contributed by atoms with Gasteiger partial charge in [0.05, 0.1) is 11.6 Å². The minimum atomic E-state index is -0.847. The summed E-state index contributed by atoms with van der Waals surface area (Å²) in [5.41, 5.74) is 1.67. The van der Waals surface area contributed by atoms with Gasteiger partial charge in [-0.15, -0.1) is 0 Å². The lowest BCUT2D eigenvalue weighted by atomic mass is 9.68. The monoisotopic (exact) mass is 435 g/mol. The number of hydrogen-bond acceptors (Lipinski definition) is 3. The van der Waals surface area contributed by atoms with Crippen molar-refractivity contribution >= 4 is 23.5 Å². The molecule has 0 radical (unpaired) electrons. The van der Waals surface area contributed by atoms with E-state index in [1.807, 2.05) is 24.4 Å². The Morgan fingerprint density at radius 3 is 2.53 bits per heavy atom. The fourth-order valence-electron chi connectivity index (χ4n) is 3.79. The first kappa shape index (κ1) is 24.3. The van der Waals surface area contributed by atoms with E-state index < -0.39 is 11.4 Å². The molecule has 2 rings (SSSR count). The van der Waals surface area contributed by atoms with Crippen LogP contribution in [0.4, 0.5) is 0 Å². The molecule has 166 valence electrons. The molecule has 0 saturated carbocycles. The second-order valence-electron chi connectivity index (χ2n) is 9.83. The van der Waals surface area contributed by atoms with Crippen LogP contribution in [0.3, 0.4) is 0 Å². The van der Waals surface area contributed by atoms with Gasteiger partial charge in [0.15, 0.2) is 0 Å². The summed E-state index contributed by atoms with van der Waals surface area (Å²) in [5, 5.41) is 9.41. The molecule has 1 aliphatic heterocycles. The summed E-state index contributed by atoms with van der Waals surface area (Å²) in [5.74, 6) is 0.0179. The number of benzene rings is 1. The first-order valence-electron chi connectivity index (χ1n) is 10.5. The van der Waals surface area contributed by atoms with Gasteiger partial charge in [-0.2, -0.15) is 0 Å². The van der Waals surface area contributed by atoms with E-state index in [-0.39, 0.29) is 23.7 Å². The maximum Gasteiger partial charge on any atom is 0.303 e. The molecule has 1 aromatic rings. The number of carboxylic acid groups (broad SMARTS) is 1. The molecule has 1 aliphatic rings. The van der Waals surface area contributed by atoms with Crippen molar-refractivity contribution in [2.24, 2.45) is 11.3 Å². The highest BCUT2D eigenvalue weighted by atomic mass is 35.5. The maximum absolute atomic E-state index is 12.9. The summed E-state index contributed by atoms with van der Waals surface area (Å²) in [6, 6.07) is 5.78. The first-order chi connectivity index (χ1) is 13.8. The molecular formula is C24H34ClNO4. The minimum Gasteiger partial charge on any atom is -0.491 e. The van der Waals surface area contributed by atoms with Gasteiger partial charge in [0.25, 0.3) is 0 Å². The summed E-state index contributed by atoms with van der Waals surface area (Å²) in [6.45, 7) is 13.6. The zero-order valence-corrected chi connectivity index (χ0v) is 19.7. The van der Waals surface area contributed by atoms with Crippen LogP contribution in [-0.2, 0) is 15.0 Å². The molecule has 1 aromatic carbocycles. The highest BCUT2D eigenvalue weighted by Gasteiger charge is 2.40. The third kappa shape index (κ3) is 6.00. The highest BCUT2D eigenvalue weighted by molar-refractivity contribution is 6.32. The van der Waals surface area contributed by atoms with E-state index in [2.05, 4.69) is 41.5 Å². The van der Waals surface area contributed by atoms with Gasteiger partial charge < -0.3 is 14.7 Å². The molecular weight excluding hydrogens is 402 g/mol. The van der Waals surface area contributed by atoms with Crippen molar-refractivity contribution in [3.63, 3.8) is 0 Å². The van der Waals surface area contributed by atoms with Crippen LogP contribution < -0.4 is 4.74 Å². The number of nitrogens with zero attached hydrogens (tertiary/aromatic N) is 1. The topological polar surface area (TPSA) is 66.8 Å². The quantitative estimate of drug-likeness (QED) is 0.572. The summed E-state index contributed by atoms with van der Waals surface area (Å²) < 4.78 is 5.88. The Morgan fingerprint density at radius 1 is 1.33 bits per heavy atom. The third-order valence-corrected chi connectivity index (χ3v) is 5.69. The molecule has 0 fully saturated rings. The van der Waals surface area contributed by atoms with Crippen molar-refractivity contribution in [1.82, 2.24) is 4.90 Å². The van der Waals surface area contributed by atoms with Crippen molar-refractivity contribution in [2.45, 2.75) is 66.2 Å². The number of carbonyl (C=O) groups is 2. The average molecular weight is 436 g/mol. The molecule has 1 amide bonds. The number of halogens is 1. The Kier molecular flexibility index (Phi) is 7.62. The van der Waals surface area contributed by atoms with E-state index >= 15 is 0 Å². The zero-order chi connectivity index (χ0) is 22.7. The molecule has 1 N–H and O–H groups in total. The molecule has 0 bridgehead atoms. The van der Waals surface area contributed by atoms with Crippen molar-refractivity contribution in [3.8, 4) is 5.75 Å². The van der Waals surface area contributed by atoms with Crippen LogP contribution >= 0.6 is 11.6 Å². The van der Waals surface area contributed by atoms with E-state index in [1.165, 1.54) is 0 Å². The number of amides is 1. The number of rotatable bonds is 8. The van der Waals surface area contributed by atoms with Crippen LogP contribution in [0.15, 0.2) is 30.0 Å². The second-order valence-corrected chi connectivity index (χ2v) is 10.2. The fraction of sp³-hybridized carbons (Fsp3) is 0.583. The predicted octanol–water partition coefficient (Wildman–Crippen LogP) is 5.66. The number of hydrogen-bond donors (Lipinski definition) is 1. The van der Waals surface area contributed by atoms with Crippen LogP contribution in [0.25, 0.3) is 0 Å². The minimum absolute atomic E-state index is 0.00327. The predicted molar refractivity (Wildman–Crippen MR) is 120 cm³/mol. The molecule has 1 heterocycles. The van der Waals surface area contributed by atoms with Crippen molar-refractivity contribution in [2.75, 3.05) is 13.2 Å². The van der Waals surface area contributed by atoms with Gasteiger partial charge in [-0.3, -0.25) is 9.59 Å². The Morgan fingerprint density at radius 2 is 2.00 bits per heavy atom. The van der Waals surface area contributed by atoms with Gasteiger partial charge in [0.2, 0.25) is 5.91 Å². The Hall–Kier alpha value is -2.01. The van der Waals surface area contributed by atoms with Gasteiger partial charge in [-0.25, -0.2) is 0 Å². The largest absolute Gasteiger partial charge is 0.491 e. The molecule has 6 heteroatoms. The normalized spacial score (nSPS) is 19.8. The third-order valence-electron chi connectivity index (χ3n) is 5.40. The molecule has 1 atom stereocenters. The second kappa shape index (κ2) is 9.42. The van der Waals surface area contributed by atoms with Crippen LogP contribution in [0.1, 0.15) is 66.4 Å². The molecule has 0 aliphatic carbocycles. The molecule has 30 heavy (non-hydrogen) atoms. The standard InChI is InChI=1S/C24H34ClNO4/c1-16(2)18-14-26(11-7-8-22(28)29)21(27)13-24(18,6)17-9-10-20(19(25)12-17)30-15-23(3,4)5/h9-10,12,14,16H,7-8,11,13,15H2,1-6H3,(H,28,29). The SMILES string of the molecule is CC(C)C1=CN(CCCC(=O)O)C(=O)CC1(C)c1ccc(OCC(C)(C)C)c(Cl)c1. The average Bonchev–Trinajstić information content (AvgIpc) is 2.61. The first-order valence-corrected chi connectivity index (χ1v) is 10.9. The Balaban J connectivity index is 2.31. The Bertz CT molecular complexity index is 825. The van der Waals surface area contributed by atoms with Crippen LogP contribution in [0.2, 0.25) is 5.02 Å². The zero-order valence-electron chi connectivity index (χ0n) is 18.9. The fourth-order valence-corrected chi connectivity index (χ4v) is 4.02. The van der Waals surface area contributed by atoms with E-state index in [0.717, 1.165) is 11.1 Å². The molecule has 5 nitrogen and oxygen atoms in total. The van der Waals surface area contributed by atoms with E-state index in [0.29, 0.717) is 36.8 Å². The molecule has 0 spiro atoms. The lowest BCUT2D eigenvalue weighted by Crippen LogP contribution is -2.42. The van der Waals surface area contributed by atoms with Crippen LogP contribution in [0.5, 0.6) is 5.75 Å². The summed E-state index contributed by atoms with van der Waals surface area (Å²) in [6.07, 6.45) is 2.72. The van der Waals surface area contributed by atoms with Gasteiger partial charge in [0, 0.05) is 31.0 Å². The molecule has 1 unspecified atom stereocenters. The lowest BCUT2D eigenvalue weighted by molar-refractivity contribution is -0.138. The summed E-state index contributed by atoms with van der Waals surface area (Å²) in [7, 11) is 0. The van der Waals surface area contributed by atoms with Crippen molar-refractivity contribution in [3.05, 3.63) is 40.6 Å². The van der Waals surface area contributed by atoms with Gasteiger partial charge >= 0.3 is 5.97 Å². The number of carbonyl (C=O) groups excluding carboxylic acids is 1. The molecule has 0 aromatic heterocycles. The van der Waals surface area contributed by atoms with E-state index in [9.17, 15) is 9.59 Å². The van der Waals surface area contributed by atoms with Crippen LogP contribution in [-0.4, -0.2) is 35.0 Å². The Labute approximate surface area is 185 Å². The maximum atomic E-state index is 12.9. The van der Waals surface area contributed by atoms with Gasteiger partial charge in [0.1, 0.15) is 5.75 Å². The van der Waals surface area contributed by atoms with E-state index in [1.54, 1.807) is 4.90 Å². The van der Waals surface area contributed by atoms with Crippen LogP contribution in [0, 0.1) is 11.3 Å². The van der Waals surface area contributed by atoms with Gasteiger partial charge in [-0.05, 0) is 41.0 Å². The highest BCUT2D eigenvalue weighted by Crippen LogP contribution is 2.44. The summed E-state index contributed by atoms with van der Waals surface area (Å²) >= 11 is 6.53. The number of aliphatic carboxylic acids is 1.